The van der Waals surface area contributed by atoms with Crippen molar-refractivity contribution < 1.29 is 19.1 Å². The molecule has 4 nitrogen and oxygen atoms in total. The van der Waals surface area contributed by atoms with Crippen LogP contribution in [0.5, 0.6) is 0 Å². The van der Waals surface area contributed by atoms with Crippen molar-refractivity contribution >= 4 is 34.7 Å². The monoisotopic (exact) mass is 520 g/mol. The Bertz CT molecular complexity index is 1920. The van der Waals surface area contributed by atoms with Gasteiger partial charge in [-0.15, -0.1) is 0 Å². The molecule has 0 fully saturated rings. The molecule has 192 valence electrons. The van der Waals surface area contributed by atoms with E-state index in [9.17, 15) is 9.59 Å². The smallest absolute Gasteiger partial charge is 0.343 e. The number of hydrogen-bond donors (Lipinski definition) is 0. The van der Waals surface area contributed by atoms with Crippen LogP contribution in [0.25, 0.3) is 22.3 Å². The van der Waals surface area contributed by atoms with E-state index in [1.54, 1.807) is 12.1 Å². The van der Waals surface area contributed by atoms with Gasteiger partial charge < -0.3 is 9.47 Å². The minimum atomic E-state index is -0.456. The lowest BCUT2D eigenvalue weighted by Gasteiger charge is -2.35. The molecule has 0 spiro atoms. The van der Waals surface area contributed by atoms with Gasteiger partial charge in [-0.1, -0.05) is 97.6 Å². The Morgan fingerprint density at radius 1 is 0.650 bits per heavy atom. The van der Waals surface area contributed by atoms with Gasteiger partial charge in [0.1, 0.15) is 11.5 Å². The summed E-state index contributed by atoms with van der Waals surface area (Å²) in [5.74, 6) is -0.236. The van der Waals surface area contributed by atoms with Crippen LogP contribution in [0.15, 0.2) is 127 Å². The van der Waals surface area contributed by atoms with Gasteiger partial charge in [0.2, 0.25) is 0 Å². The van der Waals surface area contributed by atoms with Gasteiger partial charge >= 0.3 is 5.97 Å². The molecule has 2 bridgehead atoms. The molecule has 0 saturated heterocycles. The predicted molar refractivity (Wildman–Crippen MR) is 155 cm³/mol. The van der Waals surface area contributed by atoms with Crippen LogP contribution in [-0.2, 0) is 14.3 Å². The maximum absolute atomic E-state index is 13.7. The summed E-state index contributed by atoms with van der Waals surface area (Å²) in [6.07, 6.45) is 0. The van der Waals surface area contributed by atoms with Crippen molar-refractivity contribution in [2.75, 3.05) is 0 Å². The van der Waals surface area contributed by atoms with E-state index in [4.69, 9.17) is 9.47 Å². The number of ether oxygens (including phenoxy) is 2. The third kappa shape index (κ3) is 3.69. The minimum absolute atomic E-state index is 0.248. The summed E-state index contributed by atoms with van der Waals surface area (Å²) in [6, 6.07) is 37.3. The molecule has 0 aromatic heterocycles. The van der Waals surface area contributed by atoms with Crippen LogP contribution in [0.3, 0.4) is 0 Å². The quantitative estimate of drug-likeness (QED) is 0.218. The maximum atomic E-state index is 13.7. The van der Waals surface area contributed by atoms with Gasteiger partial charge in [-0.3, -0.25) is 4.79 Å². The number of benzene rings is 5. The highest BCUT2D eigenvalue weighted by molar-refractivity contribution is 5.93. The van der Waals surface area contributed by atoms with E-state index in [-0.39, 0.29) is 11.8 Å². The maximum Gasteiger partial charge on any atom is 0.343 e. The Labute approximate surface area is 231 Å². The number of carbonyl (C=O) groups excluding carboxylic acids is 2. The molecule has 0 saturated carbocycles. The zero-order valence-electron chi connectivity index (χ0n) is 21.5. The molecule has 0 heterocycles. The highest BCUT2D eigenvalue weighted by Gasteiger charge is 2.39. The predicted octanol–water partition coefficient (Wildman–Crippen LogP) is 5.93. The molecule has 40 heavy (non-hydrogen) atoms. The van der Waals surface area contributed by atoms with Crippen molar-refractivity contribution in [3.8, 4) is 0 Å². The average molecular weight is 521 g/mol. The van der Waals surface area contributed by atoms with E-state index in [1.165, 1.54) is 0 Å². The molecule has 5 aromatic rings. The van der Waals surface area contributed by atoms with Gasteiger partial charge in [0.25, 0.3) is 6.47 Å². The molecule has 0 N–H and O–H groups in total. The molecule has 5 aromatic carbocycles. The number of carbonyl (C=O) groups is 2. The largest absolute Gasteiger partial charge is 0.428 e. The van der Waals surface area contributed by atoms with E-state index in [0.29, 0.717) is 39.6 Å². The summed E-state index contributed by atoms with van der Waals surface area (Å²) in [4.78, 5) is 25.6. The van der Waals surface area contributed by atoms with Crippen LogP contribution >= 0.6 is 0 Å². The minimum Gasteiger partial charge on any atom is -0.428 e. The lowest BCUT2D eigenvalue weighted by molar-refractivity contribution is -0.122. The Morgan fingerprint density at radius 3 is 1.73 bits per heavy atom. The molecule has 2 aliphatic carbocycles. The van der Waals surface area contributed by atoms with Gasteiger partial charge in [-0.25, -0.2) is 4.79 Å². The lowest BCUT2D eigenvalue weighted by Crippen LogP contribution is -2.33. The van der Waals surface area contributed by atoms with Gasteiger partial charge in [0.15, 0.2) is 0 Å². The molecular formula is C36H24O4. The van der Waals surface area contributed by atoms with Crippen LogP contribution < -0.4 is 10.4 Å². The molecule has 0 aliphatic heterocycles. The molecule has 0 atom stereocenters. The van der Waals surface area contributed by atoms with Gasteiger partial charge in [-0.2, -0.15) is 0 Å². The van der Waals surface area contributed by atoms with Crippen molar-refractivity contribution in [2.24, 2.45) is 0 Å². The normalized spacial score (nSPS) is 19.9. The Morgan fingerprint density at radius 2 is 1.15 bits per heavy atom. The van der Waals surface area contributed by atoms with Crippen LogP contribution in [-0.4, -0.2) is 12.4 Å². The van der Waals surface area contributed by atoms with Crippen LogP contribution in [0.4, 0.5) is 0 Å². The van der Waals surface area contributed by atoms with Crippen LogP contribution in [0.2, 0.25) is 0 Å². The van der Waals surface area contributed by atoms with E-state index < -0.39 is 5.97 Å². The number of rotatable bonds is 4. The second-order valence-electron chi connectivity index (χ2n) is 10.1. The second kappa shape index (κ2) is 9.51. The Kier molecular flexibility index (Phi) is 5.67. The Balaban J connectivity index is 1.68. The SMILES string of the molecule is C=C1/C(OC=O)=c2/cc3ccccc3c/c2=C(\OC(=O)c2ccccc2)C2c3ccccc3C1c1ccccc12. The topological polar surface area (TPSA) is 52.6 Å². The summed E-state index contributed by atoms with van der Waals surface area (Å²) in [6.45, 7) is 4.95. The third-order valence-electron chi connectivity index (χ3n) is 7.91. The molecule has 0 unspecified atom stereocenters. The number of fused-ring (bicyclic) bond motifs is 5. The fraction of sp³-hybridized carbons (Fsp3) is 0.0556. The fourth-order valence-corrected chi connectivity index (χ4v) is 6.19. The molecule has 0 amide bonds. The van der Waals surface area contributed by atoms with E-state index in [1.807, 2.05) is 78.9 Å². The molecule has 0 radical (unpaired) electrons. The van der Waals surface area contributed by atoms with Crippen molar-refractivity contribution in [2.45, 2.75) is 11.8 Å². The van der Waals surface area contributed by atoms with Crippen molar-refractivity contribution in [1.82, 2.24) is 0 Å². The summed E-state index contributed by atoms with van der Waals surface area (Å²) in [5, 5.41) is 3.28. The van der Waals surface area contributed by atoms with E-state index in [2.05, 4.69) is 30.8 Å². The van der Waals surface area contributed by atoms with E-state index >= 15 is 0 Å². The molecular weight excluding hydrogens is 496 g/mol. The van der Waals surface area contributed by atoms with Gasteiger partial charge in [0, 0.05) is 21.9 Å². The van der Waals surface area contributed by atoms with Gasteiger partial charge in [-0.05, 0) is 57.3 Å². The fourth-order valence-electron chi connectivity index (χ4n) is 6.19. The first-order valence-electron chi connectivity index (χ1n) is 13.2. The molecule has 7 rings (SSSR count). The van der Waals surface area contributed by atoms with Crippen molar-refractivity contribution in [3.05, 3.63) is 166 Å². The second-order valence-corrected chi connectivity index (χ2v) is 10.1. The molecule has 4 heteroatoms. The Hall–Kier alpha value is -5.22. The number of hydrogen-bond acceptors (Lipinski definition) is 4. The summed E-state index contributed by atoms with van der Waals surface area (Å²) in [5.41, 5.74) is 5.23. The summed E-state index contributed by atoms with van der Waals surface area (Å²) in [7, 11) is 0. The van der Waals surface area contributed by atoms with Crippen molar-refractivity contribution in [1.29, 1.82) is 0 Å². The lowest BCUT2D eigenvalue weighted by atomic mass is 9.69. The zero-order valence-corrected chi connectivity index (χ0v) is 21.5. The van der Waals surface area contributed by atoms with Gasteiger partial charge in [0.05, 0.1) is 11.5 Å². The summed E-state index contributed by atoms with van der Waals surface area (Å²) >= 11 is 0. The third-order valence-corrected chi connectivity index (χ3v) is 7.91. The highest BCUT2D eigenvalue weighted by atomic mass is 16.5. The zero-order chi connectivity index (χ0) is 27.2. The van der Waals surface area contributed by atoms with Crippen molar-refractivity contribution in [3.63, 3.8) is 0 Å². The van der Waals surface area contributed by atoms with E-state index in [0.717, 1.165) is 33.0 Å². The average Bonchev–Trinajstić information content (AvgIpc) is 3.05. The first kappa shape index (κ1) is 23.9. The van der Waals surface area contributed by atoms with Crippen LogP contribution in [0, 0.1) is 0 Å². The van der Waals surface area contributed by atoms with Crippen LogP contribution in [0.1, 0.15) is 44.4 Å². The first-order chi connectivity index (χ1) is 19.7. The standard InChI is InChI=1S/C36H24O4/c1-22-32-26-15-7-9-17-28(26)33(29-18-10-8-16-27(29)32)35(40-36(38)23-11-3-2-4-12-23)31-20-25-14-6-5-13-24(25)19-30(31)34(22)39-21-37/h2-21,32-33H,1H2/b34-30+,35-31+. The first-order valence-corrected chi connectivity index (χ1v) is 13.2. The number of esters is 1. The molecule has 2 aliphatic rings. The highest BCUT2D eigenvalue weighted by Crippen LogP contribution is 2.50. The summed E-state index contributed by atoms with van der Waals surface area (Å²) < 4.78 is 12.2.